The van der Waals surface area contributed by atoms with Gasteiger partial charge in [-0.25, -0.2) is 4.39 Å². The summed E-state index contributed by atoms with van der Waals surface area (Å²) < 4.78 is 18.7. The van der Waals surface area contributed by atoms with Gasteiger partial charge in [0.25, 0.3) is 0 Å². The van der Waals surface area contributed by atoms with Crippen molar-refractivity contribution >= 4 is 11.6 Å². The van der Waals surface area contributed by atoms with Crippen LogP contribution in [-0.2, 0) is 6.54 Å². The lowest BCUT2D eigenvalue weighted by molar-refractivity contribution is 0.314. The van der Waals surface area contributed by atoms with Gasteiger partial charge in [0.1, 0.15) is 18.2 Å². The van der Waals surface area contributed by atoms with Gasteiger partial charge in [0.2, 0.25) is 0 Å². The summed E-state index contributed by atoms with van der Waals surface area (Å²) in [5.41, 5.74) is 2.96. The fourth-order valence-electron chi connectivity index (χ4n) is 2.41. The van der Waals surface area contributed by atoms with E-state index in [-0.39, 0.29) is 5.82 Å². The highest BCUT2D eigenvalue weighted by Crippen LogP contribution is 2.23. The standard InChI is InChI=1S/C20H18ClFN2O/c21-19-3-1-2-4-20(19)25-10-9-23-12-15-11-17(14-24-13-15)16-5-7-18(22)8-6-16/h1-8,11,13-14,23H,9-10,12H2. The second-order valence-electron chi connectivity index (χ2n) is 5.54. The molecule has 0 atom stereocenters. The maximum absolute atomic E-state index is 13.0. The van der Waals surface area contributed by atoms with E-state index in [0.717, 1.165) is 16.7 Å². The SMILES string of the molecule is Fc1ccc(-c2cncc(CNCCOc3ccccc3Cl)c2)cc1. The number of ether oxygens (including phenoxy) is 1. The third-order valence-electron chi connectivity index (χ3n) is 3.67. The van der Waals surface area contributed by atoms with Crippen LogP contribution in [0.5, 0.6) is 5.75 Å². The van der Waals surface area contributed by atoms with Crippen molar-refractivity contribution in [3.8, 4) is 16.9 Å². The van der Waals surface area contributed by atoms with Gasteiger partial charge in [0.15, 0.2) is 0 Å². The highest BCUT2D eigenvalue weighted by Gasteiger charge is 2.02. The van der Waals surface area contributed by atoms with E-state index < -0.39 is 0 Å². The minimum atomic E-state index is -0.243. The number of nitrogens with zero attached hydrogens (tertiary/aromatic N) is 1. The zero-order valence-corrected chi connectivity index (χ0v) is 14.3. The first-order valence-corrected chi connectivity index (χ1v) is 8.38. The van der Waals surface area contributed by atoms with Crippen LogP contribution >= 0.6 is 11.6 Å². The van der Waals surface area contributed by atoms with Crippen LogP contribution in [0.25, 0.3) is 11.1 Å². The maximum atomic E-state index is 13.0. The normalized spacial score (nSPS) is 10.6. The van der Waals surface area contributed by atoms with Gasteiger partial charge in [-0.2, -0.15) is 0 Å². The molecular formula is C20H18ClFN2O. The van der Waals surface area contributed by atoms with Crippen LogP contribution in [-0.4, -0.2) is 18.1 Å². The number of aromatic nitrogens is 1. The smallest absolute Gasteiger partial charge is 0.137 e. The lowest BCUT2D eigenvalue weighted by atomic mass is 10.1. The van der Waals surface area contributed by atoms with Crippen LogP contribution in [0.4, 0.5) is 4.39 Å². The first kappa shape index (κ1) is 17.4. The second kappa shape index (κ2) is 8.60. The molecule has 1 aromatic heterocycles. The van der Waals surface area contributed by atoms with E-state index in [4.69, 9.17) is 16.3 Å². The Bertz CT molecular complexity index is 824. The summed E-state index contributed by atoms with van der Waals surface area (Å²) in [6.07, 6.45) is 3.59. The average molecular weight is 357 g/mol. The van der Waals surface area contributed by atoms with Gasteiger partial charge in [0.05, 0.1) is 5.02 Å². The van der Waals surface area contributed by atoms with Gasteiger partial charge < -0.3 is 10.1 Å². The van der Waals surface area contributed by atoms with E-state index in [1.807, 2.05) is 30.5 Å². The molecule has 0 aliphatic rings. The van der Waals surface area contributed by atoms with E-state index in [1.165, 1.54) is 12.1 Å². The van der Waals surface area contributed by atoms with Crippen molar-refractivity contribution in [3.05, 3.63) is 83.4 Å². The molecule has 1 heterocycles. The molecule has 0 aliphatic carbocycles. The summed E-state index contributed by atoms with van der Waals surface area (Å²) in [4.78, 5) is 4.26. The number of pyridine rings is 1. The molecule has 0 fully saturated rings. The maximum Gasteiger partial charge on any atom is 0.137 e. The van der Waals surface area contributed by atoms with E-state index in [9.17, 15) is 4.39 Å². The average Bonchev–Trinajstić information content (AvgIpc) is 2.64. The van der Waals surface area contributed by atoms with E-state index in [2.05, 4.69) is 10.3 Å². The van der Waals surface area contributed by atoms with Gasteiger partial charge in [0, 0.05) is 31.0 Å². The van der Waals surface area contributed by atoms with Gasteiger partial charge in [-0.05, 0) is 41.5 Å². The van der Waals surface area contributed by atoms with Crippen LogP contribution in [0.1, 0.15) is 5.56 Å². The van der Waals surface area contributed by atoms with Gasteiger partial charge in [-0.15, -0.1) is 0 Å². The molecule has 1 N–H and O–H groups in total. The van der Waals surface area contributed by atoms with Crippen LogP contribution < -0.4 is 10.1 Å². The first-order valence-electron chi connectivity index (χ1n) is 8.00. The van der Waals surface area contributed by atoms with Gasteiger partial charge >= 0.3 is 0 Å². The van der Waals surface area contributed by atoms with Crippen molar-refractivity contribution in [3.63, 3.8) is 0 Å². The highest BCUT2D eigenvalue weighted by atomic mass is 35.5. The molecule has 0 unspecified atom stereocenters. The summed E-state index contributed by atoms with van der Waals surface area (Å²) >= 11 is 6.04. The summed E-state index contributed by atoms with van der Waals surface area (Å²) in [5, 5.41) is 3.92. The van der Waals surface area contributed by atoms with Crippen LogP contribution in [0.2, 0.25) is 5.02 Å². The van der Waals surface area contributed by atoms with Crippen LogP contribution in [0.3, 0.4) is 0 Å². The molecule has 0 amide bonds. The largest absolute Gasteiger partial charge is 0.491 e. The Balaban J connectivity index is 1.49. The number of rotatable bonds is 7. The summed E-state index contributed by atoms with van der Waals surface area (Å²) in [6, 6.07) is 15.9. The Labute approximate surface area is 151 Å². The molecule has 2 aromatic carbocycles. The molecule has 25 heavy (non-hydrogen) atoms. The Hall–Kier alpha value is -2.43. The molecule has 0 saturated heterocycles. The monoisotopic (exact) mass is 356 g/mol. The molecular weight excluding hydrogens is 339 g/mol. The summed E-state index contributed by atoms with van der Waals surface area (Å²) in [6.45, 7) is 1.88. The third-order valence-corrected chi connectivity index (χ3v) is 3.99. The molecule has 128 valence electrons. The second-order valence-corrected chi connectivity index (χ2v) is 5.95. The van der Waals surface area contributed by atoms with Crippen LogP contribution in [0.15, 0.2) is 67.0 Å². The van der Waals surface area contributed by atoms with E-state index >= 15 is 0 Å². The van der Waals surface area contributed by atoms with Crippen molar-refractivity contribution < 1.29 is 9.13 Å². The molecule has 3 aromatic rings. The molecule has 0 radical (unpaired) electrons. The Morgan fingerprint density at radius 2 is 1.80 bits per heavy atom. The Kier molecular flexibility index (Phi) is 5.99. The predicted molar refractivity (Wildman–Crippen MR) is 98.3 cm³/mol. The highest BCUT2D eigenvalue weighted by molar-refractivity contribution is 6.32. The number of para-hydroxylation sites is 1. The zero-order valence-electron chi connectivity index (χ0n) is 13.6. The minimum Gasteiger partial charge on any atom is -0.491 e. The van der Waals surface area contributed by atoms with Crippen molar-refractivity contribution in [2.45, 2.75) is 6.54 Å². The fraction of sp³-hybridized carbons (Fsp3) is 0.150. The molecule has 3 rings (SSSR count). The Morgan fingerprint density at radius 1 is 1.00 bits per heavy atom. The fourth-order valence-corrected chi connectivity index (χ4v) is 2.60. The van der Waals surface area contributed by atoms with Crippen molar-refractivity contribution in [2.75, 3.05) is 13.2 Å². The van der Waals surface area contributed by atoms with Crippen molar-refractivity contribution in [1.29, 1.82) is 0 Å². The molecule has 0 bridgehead atoms. The van der Waals surface area contributed by atoms with E-state index in [1.54, 1.807) is 24.4 Å². The third kappa shape index (κ3) is 5.02. The summed E-state index contributed by atoms with van der Waals surface area (Å²) in [5.74, 6) is 0.444. The number of hydrogen-bond donors (Lipinski definition) is 1. The number of benzene rings is 2. The first-order chi connectivity index (χ1) is 12.2. The Morgan fingerprint density at radius 3 is 2.60 bits per heavy atom. The lowest BCUT2D eigenvalue weighted by Gasteiger charge is -2.09. The quantitative estimate of drug-likeness (QED) is 0.622. The number of nitrogens with one attached hydrogen (secondary N) is 1. The zero-order chi connectivity index (χ0) is 17.5. The lowest BCUT2D eigenvalue weighted by Crippen LogP contribution is -2.20. The molecule has 0 saturated carbocycles. The minimum absolute atomic E-state index is 0.243. The van der Waals surface area contributed by atoms with Crippen molar-refractivity contribution in [2.24, 2.45) is 0 Å². The predicted octanol–water partition coefficient (Wildman–Crippen LogP) is 4.71. The number of halogens is 2. The molecule has 0 spiro atoms. The molecule has 0 aliphatic heterocycles. The molecule has 3 nitrogen and oxygen atoms in total. The van der Waals surface area contributed by atoms with Crippen LogP contribution in [0, 0.1) is 5.82 Å². The van der Waals surface area contributed by atoms with Gasteiger partial charge in [-0.3, -0.25) is 4.98 Å². The van der Waals surface area contributed by atoms with E-state index in [0.29, 0.717) is 30.5 Å². The summed E-state index contributed by atoms with van der Waals surface area (Å²) in [7, 11) is 0. The van der Waals surface area contributed by atoms with Gasteiger partial charge in [-0.1, -0.05) is 35.9 Å². The topological polar surface area (TPSA) is 34.2 Å². The van der Waals surface area contributed by atoms with Crippen molar-refractivity contribution in [1.82, 2.24) is 10.3 Å². The number of hydrogen-bond acceptors (Lipinski definition) is 3. The molecule has 5 heteroatoms.